The van der Waals surface area contributed by atoms with Crippen molar-refractivity contribution in [2.24, 2.45) is 5.73 Å². The van der Waals surface area contributed by atoms with E-state index in [4.69, 9.17) is 0 Å². The smallest absolute Gasteiger partial charge is 0.338 e. The number of urea groups is 1. The fraction of sp³-hybridized carbons (Fsp3) is 0.400. The molecule has 0 atom stereocenters. The van der Waals surface area contributed by atoms with E-state index in [0.717, 1.165) is 0 Å². The van der Waals surface area contributed by atoms with Crippen LogP contribution in [-0.4, -0.2) is 22.9 Å². The van der Waals surface area contributed by atoms with E-state index in [-0.39, 0.29) is 12.8 Å². The highest BCUT2D eigenvalue weighted by Gasteiger charge is 2.30. The number of hydroxylamine groups is 3. The second-order valence-electron chi connectivity index (χ2n) is 2.14. The van der Waals surface area contributed by atoms with Crippen molar-refractivity contribution in [2.75, 3.05) is 0 Å². The van der Waals surface area contributed by atoms with Crippen LogP contribution in [0.4, 0.5) is 4.79 Å². The van der Waals surface area contributed by atoms with Crippen molar-refractivity contribution in [2.45, 2.75) is 12.8 Å². The Balaban J connectivity index is 2.45. The number of carbonyl (C=O) groups is 3. The molecule has 0 spiro atoms. The molecule has 0 saturated carbocycles. The van der Waals surface area contributed by atoms with E-state index >= 15 is 0 Å². The number of carbonyl (C=O) groups excluding carboxylic acids is 3. The summed E-state index contributed by atoms with van der Waals surface area (Å²) in [7, 11) is 0. The van der Waals surface area contributed by atoms with Crippen LogP contribution in [-0.2, 0) is 14.5 Å². The Kier molecular flexibility index (Phi) is 2.24. The van der Waals surface area contributed by atoms with Gasteiger partial charge >= 0.3 is 6.03 Å². The lowest BCUT2D eigenvalue weighted by Gasteiger charge is -2.10. The summed E-state index contributed by atoms with van der Waals surface area (Å²) in [6.45, 7) is 0. The van der Waals surface area contributed by atoms with E-state index in [0.29, 0.717) is 5.06 Å². The summed E-state index contributed by atoms with van der Waals surface area (Å²) in [5.74, 6) is -0.984. The second kappa shape index (κ2) is 3.18. The van der Waals surface area contributed by atoms with Gasteiger partial charge in [-0.3, -0.25) is 9.59 Å². The molecule has 3 N–H and O–H groups in total. The summed E-state index contributed by atoms with van der Waals surface area (Å²) in [6.07, 6.45) is 0.193. The van der Waals surface area contributed by atoms with Gasteiger partial charge in [0.25, 0.3) is 11.8 Å². The van der Waals surface area contributed by atoms with Gasteiger partial charge in [-0.15, -0.1) is 10.0 Å². The highest BCUT2D eigenvalue weighted by Crippen LogP contribution is 2.10. The van der Waals surface area contributed by atoms with Crippen LogP contribution >= 0.6 is 0 Å². The minimum Gasteiger partial charge on any atom is -0.350 e. The molecule has 1 fully saturated rings. The molecule has 0 aromatic rings. The van der Waals surface area contributed by atoms with Crippen LogP contribution in [0.5, 0.6) is 0 Å². The van der Waals surface area contributed by atoms with Crippen molar-refractivity contribution in [3.63, 3.8) is 0 Å². The van der Waals surface area contributed by atoms with Crippen molar-refractivity contribution in [3.8, 4) is 0 Å². The maximum atomic E-state index is 10.8. The van der Waals surface area contributed by atoms with Crippen LogP contribution in [0.15, 0.2) is 0 Å². The molecule has 1 heterocycles. The molecular formula is C5H7N3O4. The number of nitrogens with one attached hydrogen (secondary N) is 1. The first-order valence-corrected chi connectivity index (χ1v) is 3.19. The normalized spacial score (nSPS) is 16.8. The SMILES string of the molecule is NC(=O)NON1C(=O)CCC1=O. The zero-order chi connectivity index (χ0) is 9.14. The number of amides is 4. The molecule has 1 saturated heterocycles. The van der Waals surface area contributed by atoms with E-state index in [9.17, 15) is 14.4 Å². The van der Waals surface area contributed by atoms with Crippen LogP contribution in [0.2, 0.25) is 0 Å². The molecule has 1 aliphatic heterocycles. The van der Waals surface area contributed by atoms with Gasteiger partial charge in [0.2, 0.25) is 0 Å². The molecule has 1 aliphatic rings. The number of hydrogen-bond donors (Lipinski definition) is 2. The summed E-state index contributed by atoms with van der Waals surface area (Å²) >= 11 is 0. The average molecular weight is 173 g/mol. The summed E-state index contributed by atoms with van der Waals surface area (Å²) in [5.41, 5.74) is 6.31. The monoisotopic (exact) mass is 173 g/mol. The maximum absolute atomic E-state index is 10.8. The van der Waals surface area contributed by atoms with Gasteiger partial charge in [-0.2, -0.15) is 5.48 Å². The van der Waals surface area contributed by atoms with Gasteiger partial charge in [0.05, 0.1) is 0 Å². The number of rotatable bonds is 2. The average Bonchev–Trinajstić information content (AvgIpc) is 2.28. The van der Waals surface area contributed by atoms with Crippen LogP contribution in [0.3, 0.4) is 0 Å². The molecule has 0 unspecified atom stereocenters. The zero-order valence-corrected chi connectivity index (χ0v) is 6.07. The van der Waals surface area contributed by atoms with Crippen molar-refractivity contribution >= 4 is 17.8 Å². The minimum atomic E-state index is -0.970. The highest BCUT2D eigenvalue weighted by atomic mass is 16.8. The molecule has 66 valence electrons. The van der Waals surface area contributed by atoms with Gasteiger partial charge in [-0.1, -0.05) is 0 Å². The van der Waals surface area contributed by atoms with Gasteiger partial charge in [0.15, 0.2) is 0 Å². The van der Waals surface area contributed by atoms with E-state index < -0.39 is 17.8 Å². The molecule has 0 radical (unpaired) electrons. The van der Waals surface area contributed by atoms with Crippen molar-refractivity contribution < 1.29 is 19.3 Å². The summed E-state index contributed by atoms with van der Waals surface area (Å²) in [5, 5.41) is 0.477. The fourth-order valence-electron chi connectivity index (χ4n) is 0.748. The van der Waals surface area contributed by atoms with E-state index in [1.54, 1.807) is 5.48 Å². The Bertz CT molecular complexity index is 223. The number of hydrogen-bond acceptors (Lipinski definition) is 4. The van der Waals surface area contributed by atoms with Gasteiger partial charge in [-0.25, -0.2) is 4.79 Å². The maximum Gasteiger partial charge on any atom is 0.338 e. The Morgan fingerprint density at radius 2 is 1.92 bits per heavy atom. The van der Waals surface area contributed by atoms with Crippen LogP contribution in [0, 0.1) is 0 Å². The standard InChI is InChI=1S/C5H7N3O4/c6-5(11)7-12-8-3(9)1-2-4(8)10/h1-2H2,(H3,6,7,11). The molecule has 0 aromatic carbocycles. The Morgan fingerprint density at radius 3 is 2.33 bits per heavy atom. The fourth-order valence-corrected chi connectivity index (χ4v) is 0.748. The van der Waals surface area contributed by atoms with Crippen molar-refractivity contribution in [3.05, 3.63) is 0 Å². The molecule has 1 rings (SSSR count). The highest BCUT2D eigenvalue weighted by molar-refractivity contribution is 6.00. The molecule has 7 nitrogen and oxygen atoms in total. The lowest BCUT2D eigenvalue weighted by molar-refractivity contribution is -0.200. The predicted molar refractivity (Wildman–Crippen MR) is 34.9 cm³/mol. The topological polar surface area (TPSA) is 102 Å². The third kappa shape index (κ3) is 1.70. The molecule has 7 heteroatoms. The van der Waals surface area contributed by atoms with Gasteiger partial charge < -0.3 is 5.73 Å². The third-order valence-corrected chi connectivity index (χ3v) is 1.24. The molecule has 0 aliphatic carbocycles. The second-order valence-corrected chi connectivity index (χ2v) is 2.14. The Hall–Kier alpha value is -1.63. The zero-order valence-electron chi connectivity index (χ0n) is 6.07. The summed E-state index contributed by atoms with van der Waals surface area (Å²) in [4.78, 5) is 36.0. The van der Waals surface area contributed by atoms with Crippen LogP contribution in [0.25, 0.3) is 0 Å². The number of primary amides is 1. The summed E-state index contributed by atoms with van der Waals surface area (Å²) < 4.78 is 0. The predicted octanol–water partition coefficient (Wildman–Crippen LogP) is -1.35. The summed E-state index contributed by atoms with van der Waals surface area (Å²) in [6, 6.07) is -0.970. The van der Waals surface area contributed by atoms with E-state index in [2.05, 4.69) is 10.7 Å². The van der Waals surface area contributed by atoms with Gasteiger partial charge in [-0.05, 0) is 0 Å². The number of imide groups is 1. The van der Waals surface area contributed by atoms with Crippen molar-refractivity contribution in [1.29, 1.82) is 0 Å². The number of nitrogens with two attached hydrogens (primary N) is 1. The van der Waals surface area contributed by atoms with Crippen molar-refractivity contribution in [1.82, 2.24) is 10.5 Å². The Labute approximate surface area is 67.3 Å². The van der Waals surface area contributed by atoms with Gasteiger partial charge in [0.1, 0.15) is 0 Å². The quantitative estimate of drug-likeness (QED) is 0.398. The first-order chi connectivity index (χ1) is 5.61. The van der Waals surface area contributed by atoms with E-state index in [1.165, 1.54) is 0 Å². The minimum absolute atomic E-state index is 0.0965. The molecule has 0 aromatic heterocycles. The first kappa shape index (κ1) is 8.47. The molecular weight excluding hydrogens is 166 g/mol. The Morgan fingerprint density at radius 1 is 1.42 bits per heavy atom. The first-order valence-electron chi connectivity index (χ1n) is 3.19. The largest absolute Gasteiger partial charge is 0.350 e. The molecule has 12 heavy (non-hydrogen) atoms. The van der Waals surface area contributed by atoms with E-state index in [1.807, 2.05) is 0 Å². The van der Waals surface area contributed by atoms with Crippen LogP contribution < -0.4 is 11.2 Å². The van der Waals surface area contributed by atoms with Crippen LogP contribution in [0.1, 0.15) is 12.8 Å². The number of nitrogens with zero attached hydrogens (tertiary/aromatic N) is 1. The molecule has 0 bridgehead atoms. The third-order valence-electron chi connectivity index (χ3n) is 1.24. The lowest BCUT2D eigenvalue weighted by atomic mass is 10.4. The lowest BCUT2D eigenvalue weighted by Crippen LogP contribution is -2.40. The van der Waals surface area contributed by atoms with Gasteiger partial charge in [0, 0.05) is 12.8 Å². The molecule has 4 amide bonds.